The van der Waals surface area contributed by atoms with Gasteiger partial charge >= 0.3 is 0 Å². The quantitative estimate of drug-likeness (QED) is 0.0806. The van der Waals surface area contributed by atoms with Crippen LogP contribution in [0, 0.1) is 20.8 Å². The van der Waals surface area contributed by atoms with Crippen LogP contribution >= 0.6 is 0 Å². The molecule has 0 bridgehead atoms. The fraction of sp³-hybridized carbons (Fsp3) is 0.330. The number of anilines is 5. The van der Waals surface area contributed by atoms with Crippen molar-refractivity contribution >= 4 is 112 Å². The lowest BCUT2D eigenvalue weighted by molar-refractivity contribution is 0.267. The highest BCUT2D eigenvalue weighted by molar-refractivity contribution is 6.06. The molecule has 10 aromatic rings. The number of hydrogen-bond acceptors (Lipinski definition) is 20. The van der Waals surface area contributed by atoms with E-state index in [0.29, 0.717) is 65.8 Å². The van der Waals surface area contributed by atoms with Crippen molar-refractivity contribution in [2.45, 2.75) is 112 Å². The molecular weight excluding hydrogens is 1540 g/mol. The van der Waals surface area contributed by atoms with Crippen LogP contribution in [0.1, 0.15) is 86.1 Å². The van der Waals surface area contributed by atoms with Gasteiger partial charge in [0.15, 0.2) is 28.7 Å². The number of allylic oxidation sites excluding steroid dienone is 8. The number of pyridine rings is 5. The number of aryl methyl sites for hydroxylation is 8. The van der Waals surface area contributed by atoms with Crippen LogP contribution in [0.25, 0.3) is 83.4 Å². The molecule has 632 valence electrons. The Morgan fingerprint density at radius 3 is 1.10 bits per heavy atom. The average molecular weight is 1650 g/mol. The van der Waals surface area contributed by atoms with E-state index in [0.717, 1.165) is 221 Å². The van der Waals surface area contributed by atoms with Crippen molar-refractivity contribution in [3.05, 3.63) is 261 Å². The third kappa shape index (κ3) is 13.5. The maximum atomic E-state index is 12.5. The lowest BCUT2D eigenvalue weighted by atomic mass is 9.92. The van der Waals surface area contributed by atoms with Gasteiger partial charge in [-0.2, -0.15) is 0 Å². The third-order valence-corrected chi connectivity index (χ3v) is 25.1. The number of nitrogens with one attached hydrogen (secondary N) is 3. The van der Waals surface area contributed by atoms with Crippen molar-refractivity contribution in [1.29, 1.82) is 0 Å². The van der Waals surface area contributed by atoms with Crippen LogP contribution in [0.15, 0.2) is 189 Å². The standard InChI is InChI=1S/2C20H23N3O2.3C19H21N3O2/c1-5-22-17(24)7-12(3)15-8-16-11(2)6-13(4)23-14(9-21)10-25-20(18(15)22)19(16)23;1-5-22-17(24)8-12(2)16-9-14-7-6-13(3)23-15(10-21-4)11-25-20(18(14)23)19(16)22;1-11-7-12(2)22-14(9-20-3)10-24-19-17-13(8-15(11)18(19)22)5-6-16(23)21(17)4;1-11-7-16(23)21(4)18-15(11)8-13-6-5-12(2)22-14(9-20-3)10-24-19(18)17(13)22;1-4-21-16(23)6-5-13-8-15-11(2)7-12(3)22-14(9-20)10-24-19(17(13)21)18(15)22/h6-8,14H,4-5,9-10,21H2,1-3H3;6-9,15,21H,3,5,10-11H2,1-2,4H3;2*5-8,14,20H,2,9-10H2,1,3-4H3;5-8,14H,3-4,9-10,20H2,1-2H3/t14-;;;;14-/m0...0/s1. The minimum absolute atomic E-state index is 0.00157. The van der Waals surface area contributed by atoms with E-state index in [4.69, 9.17) is 35.2 Å². The Morgan fingerprint density at radius 1 is 0.361 bits per heavy atom. The Kier molecular flexibility index (Phi) is 22.3. The summed E-state index contributed by atoms with van der Waals surface area (Å²) >= 11 is 0. The van der Waals surface area contributed by atoms with Crippen LogP contribution in [0.5, 0.6) is 28.7 Å². The minimum Gasteiger partial charge on any atom is -0.487 e. The molecule has 0 aliphatic carbocycles. The fourth-order valence-corrected chi connectivity index (χ4v) is 19.3. The Morgan fingerprint density at radius 2 is 0.680 bits per heavy atom. The number of nitrogens with two attached hydrogens (primary N) is 2. The van der Waals surface area contributed by atoms with Crippen molar-refractivity contribution in [2.24, 2.45) is 25.6 Å². The normalized spacial score (nSPS) is 18.9. The molecule has 20 rings (SSSR count). The molecule has 0 radical (unpaired) electrons. The SMILES string of the molecule is C=C1C=C(C)c2cc3c(C)cc(=O)n(CC)c3c3c2N1[C@@H](CN)CO3.C=C1C=C(C)c2cc3ccc(=O)n(C)c3c3c2N1C(CNC)CO3.C=C1C=C(C)c2cc3ccc(=O)n(CC)c3c3c2N1[C@@H](CN)CO3.C=C1C=Cc2cc3c(C)cc(=O)n(C)c3c3c2N1C(CNC)CO3.C=C1C=Cc2cc3c(C)cc(=O)n(CC)c3c3c2N1C(CNC)CO3. The number of aromatic nitrogens is 5. The summed E-state index contributed by atoms with van der Waals surface area (Å²) in [7, 11) is 9.41. The molecule has 0 amide bonds. The van der Waals surface area contributed by atoms with E-state index in [1.165, 1.54) is 0 Å². The zero-order valence-electron chi connectivity index (χ0n) is 72.3. The van der Waals surface area contributed by atoms with Crippen molar-refractivity contribution < 1.29 is 23.7 Å². The summed E-state index contributed by atoms with van der Waals surface area (Å²) < 4.78 is 39.6. The van der Waals surface area contributed by atoms with Gasteiger partial charge in [-0.1, -0.05) is 45.0 Å². The number of nitrogens with zero attached hydrogens (tertiary/aromatic N) is 10. The number of ether oxygens (including phenoxy) is 5. The number of fused-ring (bicyclic) bond motifs is 10. The second kappa shape index (κ2) is 32.7. The molecule has 0 saturated carbocycles. The fourth-order valence-electron chi connectivity index (χ4n) is 19.3. The van der Waals surface area contributed by atoms with E-state index >= 15 is 0 Å². The van der Waals surface area contributed by atoms with Crippen LogP contribution in [0.3, 0.4) is 0 Å². The van der Waals surface area contributed by atoms with Crippen LogP contribution < -0.4 is 103 Å². The van der Waals surface area contributed by atoms with E-state index < -0.39 is 0 Å². The molecule has 25 nitrogen and oxygen atoms in total. The van der Waals surface area contributed by atoms with Crippen molar-refractivity contribution in [3.63, 3.8) is 0 Å². The molecule has 0 saturated heterocycles. The van der Waals surface area contributed by atoms with Gasteiger partial charge in [0.25, 0.3) is 27.8 Å². The van der Waals surface area contributed by atoms with Crippen LogP contribution in [-0.4, -0.2) is 140 Å². The molecule has 3 unspecified atom stereocenters. The molecule has 0 fully saturated rings. The Hall–Kier alpha value is -12.7. The number of hydrogen-bond donors (Lipinski definition) is 5. The van der Waals surface area contributed by atoms with E-state index in [1.54, 1.807) is 67.3 Å². The second-order valence-corrected chi connectivity index (χ2v) is 32.8. The molecule has 25 heteroatoms. The minimum atomic E-state index is -0.0342. The summed E-state index contributed by atoms with van der Waals surface area (Å²) in [5.74, 6) is 3.90. The molecule has 122 heavy (non-hydrogen) atoms. The van der Waals surface area contributed by atoms with E-state index in [-0.39, 0.29) is 58.0 Å². The summed E-state index contributed by atoms with van der Waals surface area (Å²) in [5, 5.41) is 14.9. The molecule has 5 atom stereocenters. The molecule has 10 aliphatic rings. The van der Waals surface area contributed by atoms with E-state index in [1.807, 2.05) is 80.9 Å². The molecule has 15 heterocycles. The van der Waals surface area contributed by atoms with Gasteiger partial charge in [-0.15, -0.1) is 0 Å². The molecule has 5 aromatic heterocycles. The first-order chi connectivity index (χ1) is 58.6. The lowest BCUT2D eigenvalue weighted by Crippen LogP contribution is -2.48. The topological polar surface area (TPSA) is 260 Å². The predicted octanol–water partition coefficient (Wildman–Crippen LogP) is 12.4. The Bertz CT molecular complexity index is 6680. The maximum Gasteiger partial charge on any atom is 0.251 e. The van der Waals surface area contributed by atoms with Crippen LogP contribution in [0.4, 0.5) is 28.4 Å². The molecule has 10 aliphatic heterocycles. The van der Waals surface area contributed by atoms with Crippen LogP contribution in [-0.2, 0) is 33.7 Å². The smallest absolute Gasteiger partial charge is 0.251 e. The highest BCUT2D eigenvalue weighted by Crippen LogP contribution is 2.54. The van der Waals surface area contributed by atoms with Crippen molar-refractivity contribution in [3.8, 4) is 28.7 Å². The number of rotatable bonds is 11. The van der Waals surface area contributed by atoms with Gasteiger partial charge in [0.2, 0.25) is 0 Å². The lowest BCUT2D eigenvalue weighted by Gasteiger charge is -2.43. The summed E-state index contributed by atoms with van der Waals surface area (Å²) in [6, 6.07) is 23.4. The summed E-state index contributed by atoms with van der Waals surface area (Å²) in [4.78, 5) is 72.8. The number of benzene rings is 5. The monoisotopic (exact) mass is 1640 g/mol. The van der Waals surface area contributed by atoms with Crippen molar-refractivity contribution in [2.75, 3.05) is 111 Å². The Balaban J connectivity index is 0.000000113. The first-order valence-electron chi connectivity index (χ1n) is 41.9. The van der Waals surface area contributed by atoms with Gasteiger partial charge in [0, 0.05) is 180 Å². The van der Waals surface area contributed by atoms with Gasteiger partial charge in [0.05, 0.1) is 86.2 Å². The zero-order valence-corrected chi connectivity index (χ0v) is 72.3. The third-order valence-electron chi connectivity index (χ3n) is 25.1. The highest BCUT2D eigenvalue weighted by Gasteiger charge is 2.42. The molecule has 7 N–H and O–H groups in total. The zero-order chi connectivity index (χ0) is 86.6. The molecule has 0 spiro atoms. The average Bonchev–Trinajstić information content (AvgIpc) is 0.774. The molecular formula is C97H109N15O10. The van der Waals surface area contributed by atoms with Crippen molar-refractivity contribution in [1.82, 2.24) is 38.8 Å². The summed E-state index contributed by atoms with van der Waals surface area (Å²) in [5.41, 5.74) is 37.9. The first kappa shape index (κ1) is 83.0. The van der Waals surface area contributed by atoms with E-state index in [9.17, 15) is 24.0 Å². The van der Waals surface area contributed by atoms with Gasteiger partial charge in [-0.05, 0) is 190 Å². The highest BCUT2D eigenvalue weighted by atomic mass is 16.5. The summed E-state index contributed by atoms with van der Waals surface area (Å²) in [6.07, 6.45) is 14.6. The predicted molar refractivity (Wildman–Crippen MR) is 498 cm³/mol. The van der Waals surface area contributed by atoms with E-state index in [2.05, 4.69) is 161 Å². The summed E-state index contributed by atoms with van der Waals surface area (Å²) in [6.45, 7) is 47.0. The van der Waals surface area contributed by atoms with Crippen LogP contribution in [0.2, 0.25) is 0 Å². The first-order valence-corrected chi connectivity index (χ1v) is 41.9. The van der Waals surface area contributed by atoms with Gasteiger partial charge in [-0.3, -0.25) is 24.0 Å². The van der Waals surface area contributed by atoms with Gasteiger partial charge in [-0.25, -0.2) is 0 Å². The second-order valence-electron chi connectivity index (χ2n) is 32.8. The maximum absolute atomic E-state index is 12.5. The number of likely N-dealkylation sites (N-methyl/N-ethyl adjacent to an activating group) is 3. The molecule has 5 aromatic carbocycles. The van der Waals surface area contributed by atoms with Gasteiger partial charge in [0.1, 0.15) is 33.0 Å². The Labute approximate surface area is 709 Å². The largest absolute Gasteiger partial charge is 0.487 e. The van der Waals surface area contributed by atoms with Gasteiger partial charge < -0.3 is 98.4 Å².